The molecule has 0 spiro atoms. The third-order valence-corrected chi connectivity index (χ3v) is 4.20. The summed E-state index contributed by atoms with van der Waals surface area (Å²) >= 11 is 0. The molecule has 1 aliphatic rings. The lowest BCUT2D eigenvalue weighted by atomic mass is 10.1. The summed E-state index contributed by atoms with van der Waals surface area (Å²) in [6, 6.07) is 5.81. The van der Waals surface area contributed by atoms with E-state index in [1.54, 1.807) is 16.9 Å². The molecule has 0 amide bonds. The van der Waals surface area contributed by atoms with Crippen molar-refractivity contribution in [2.75, 3.05) is 17.7 Å². The van der Waals surface area contributed by atoms with Crippen molar-refractivity contribution >= 4 is 28.8 Å². The van der Waals surface area contributed by atoms with Gasteiger partial charge in [0.25, 0.3) is 0 Å². The molecule has 3 aromatic rings. The van der Waals surface area contributed by atoms with E-state index in [1.807, 2.05) is 25.2 Å². The highest BCUT2D eigenvalue weighted by atomic mass is 16.1. The first-order chi connectivity index (χ1) is 11.7. The lowest BCUT2D eigenvalue weighted by molar-refractivity contribution is 0.0980. The van der Waals surface area contributed by atoms with Crippen molar-refractivity contribution in [1.29, 1.82) is 0 Å². The van der Waals surface area contributed by atoms with E-state index >= 15 is 0 Å². The molecule has 0 fully saturated rings. The Morgan fingerprint density at radius 1 is 1.25 bits per heavy atom. The quantitative estimate of drug-likeness (QED) is 0.717. The van der Waals surface area contributed by atoms with Crippen LogP contribution in [0.3, 0.4) is 0 Å². The molecule has 0 atom stereocenters. The van der Waals surface area contributed by atoms with Crippen LogP contribution in [0.4, 0.5) is 17.3 Å². The van der Waals surface area contributed by atoms with E-state index in [9.17, 15) is 4.79 Å². The van der Waals surface area contributed by atoms with Crippen LogP contribution >= 0.6 is 0 Å². The van der Waals surface area contributed by atoms with Crippen LogP contribution in [0.2, 0.25) is 0 Å². The second kappa shape index (κ2) is 5.92. The van der Waals surface area contributed by atoms with Crippen molar-refractivity contribution in [2.45, 2.75) is 25.7 Å². The SMILES string of the molecule is CNc1cc2nc3c(cnn13)C(=O)CCCCc1cc(ccn1)N2. The number of nitrogens with one attached hydrogen (secondary N) is 2. The third kappa shape index (κ3) is 2.58. The first-order valence-electron chi connectivity index (χ1n) is 8.06. The van der Waals surface area contributed by atoms with Crippen LogP contribution in [0, 0.1) is 0 Å². The number of hydrogen-bond acceptors (Lipinski definition) is 6. The second-order valence-corrected chi connectivity index (χ2v) is 5.86. The molecule has 0 saturated carbocycles. The van der Waals surface area contributed by atoms with Crippen LogP contribution in [-0.2, 0) is 6.42 Å². The van der Waals surface area contributed by atoms with Gasteiger partial charge in [-0.2, -0.15) is 9.61 Å². The maximum atomic E-state index is 12.5. The number of Topliss-reactive ketones (excluding diaryl/α,β-unsaturated/α-hetero) is 1. The number of rotatable bonds is 1. The van der Waals surface area contributed by atoms with Crippen LogP contribution in [0.25, 0.3) is 5.65 Å². The number of aromatic nitrogens is 4. The average molecular weight is 322 g/mol. The summed E-state index contributed by atoms with van der Waals surface area (Å²) in [7, 11) is 1.82. The van der Waals surface area contributed by atoms with Gasteiger partial charge in [0.1, 0.15) is 11.6 Å². The maximum Gasteiger partial charge on any atom is 0.170 e. The number of carbonyl (C=O) groups excluding carboxylic acids is 1. The van der Waals surface area contributed by atoms with Crippen molar-refractivity contribution in [3.05, 3.63) is 41.9 Å². The Morgan fingerprint density at radius 3 is 3.00 bits per heavy atom. The van der Waals surface area contributed by atoms with E-state index in [0.29, 0.717) is 23.4 Å². The first-order valence-corrected chi connectivity index (χ1v) is 8.06. The molecule has 1 aliphatic heterocycles. The number of ketones is 1. The van der Waals surface area contributed by atoms with Crippen molar-refractivity contribution in [3.63, 3.8) is 0 Å². The average Bonchev–Trinajstić information content (AvgIpc) is 3.01. The van der Waals surface area contributed by atoms with E-state index in [-0.39, 0.29) is 5.78 Å². The largest absolute Gasteiger partial charge is 0.373 e. The van der Waals surface area contributed by atoms with Gasteiger partial charge in [0.05, 0.1) is 11.8 Å². The van der Waals surface area contributed by atoms with E-state index in [2.05, 4.69) is 25.7 Å². The fourth-order valence-electron chi connectivity index (χ4n) is 2.97. The standard InChI is InChI=1S/C17H18N6O/c1-18-16-9-15-21-12-6-7-19-11(8-12)4-2-3-5-14(24)13-10-20-23(16)17(13)22-15/h6-10,18H,2-5H2,1H3,(H,21,22). The number of hydrogen-bond donors (Lipinski definition) is 2. The lowest BCUT2D eigenvalue weighted by Gasteiger charge is -2.10. The Balaban J connectivity index is 1.88. The van der Waals surface area contributed by atoms with Crippen LogP contribution in [0.15, 0.2) is 30.6 Å². The second-order valence-electron chi connectivity index (χ2n) is 5.86. The van der Waals surface area contributed by atoms with E-state index < -0.39 is 0 Å². The molecule has 122 valence electrons. The van der Waals surface area contributed by atoms with Gasteiger partial charge in [0.2, 0.25) is 0 Å². The zero-order chi connectivity index (χ0) is 16.5. The molecule has 7 nitrogen and oxygen atoms in total. The molecule has 4 rings (SSSR count). The minimum atomic E-state index is 0.0793. The molecule has 0 radical (unpaired) electrons. The zero-order valence-corrected chi connectivity index (χ0v) is 13.4. The normalized spacial score (nSPS) is 14.6. The predicted molar refractivity (Wildman–Crippen MR) is 91.9 cm³/mol. The maximum absolute atomic E-state index is 12.5. The zero-order valence-electron chi connectivity index (χ0n) is 13.4. The fraction of sp³-hybridized carbons (Fsp3) is 0.294. The summed E-state index contributed by atoms with van der Waals surface area (Å²) in [5.74, 6) is 1.51. The van der Waals surface area contributed by atoms with Gasteiger partial charge in [-0.05, 0) is 31.4 Å². The van der Waals surface area contributed by atoms with Gasteiger partial charge >= 0.3 is 0 Å². The number of anilines is 3. The summed E-state index contributed by atoms with van der Waals surface area (Å²) < 4.78 is 1.66. The fourth-order valence-corrected chi connectivity index (χ4v) is 2.97. The molecular weight excluding hydrogens is 304 g/mol. The molecule has 0 saturated heterocycles. The Morgan fingerprint density at radius 2 is 2.12 bits per heavy atom. The van der Waals surface area contributed by atoms with Gasteiger partial charge in [-0.1, -0.05) is 0 Å². The lowest BCUT2D eigenvalue weighted by Crippen LogP contribution is -2.05. The number of carbonyl (C=O) groups is 1. The molecule has 24 heavy (non-hydrogen) atoms. The van der Waals surface area contributed by atoms with Crippen molar-refractivity contribution < 1.29 is 4.79 Å². The number of aryl methyl sites for hydroxylation is 1. The van der Waals surface area contributed by atoms with Crippen LogP contribution in [0.1, 0.15) is 35.3 Å². The number of fused-ring (bicyclic) bond motifs is 3. The van der Waals surface area contributed by atoms with Gasteiger partial charge in [-0.15, -0.1) is 0 Å². The molecule has 2 N–H and O–H groups in total. The molecule has 7 heteroatoms. The molecule has 3 aromatic heterocycles. The van der Waals surface area contributed by atoms with Crippen LogP contribution in [0.5, 0.6) is 0 Å². The number of nitrogens with zero attached hydrogens (tertiary/aromatic N) is 4. The highest BCUT2D eigenvalue weighted by molar-refractivity contribution is 6.01. The van der Waals surface area contributed by atoms with Gasteiger partial charge < -0.3 is 10.6 Å². The molecule has 4 heterocycles. The van der Waals surface area contributed by atoms with Crippen molar-refractivity contribution in [3.8, 4) is 0 Å². The smallest absolute Gasteiger partial charge is 0.170 e. The monoisotopic (exact) mass is 322 g/mol. The Kier molecular flexibility index (Phi) is 3.60. The van der Waals surface area contributed by atoms with Gasteiger partial charge in [-0.3, -0.25) is 9.78 Å². The summed E-state index contributed by atoms with van der Waals surface area (Å²) in [4.78, 5) is 21.5. The molecular formula is C17H18N6O. The van der Waals surface area contributed by atoms with Crippen LogP contribution in [-0.4, -0.2) is 32.4 Å². The highest BCUT2D eigenvalue weighted by Gasteiger charge is 2.17. The minimum Gasteiger partial charge on any atom is -0.373 e. The summed E-state index contributed by atoms with van der Waals surface area (Å²) in [5, 5.41) is 10.7. The minimum absolute atomic E-state index is 0.0793. The molecule has 4 bridgehead atoms. The Hall–Kier alpha value is -2.96. The van der Waals surface area contributed by atoms with Gasteiger partial charge in [-0.25, -0.2) is 4.98 Å². The Bertz CT molecular complexity index is 917. The van der Waals surface area contributed by atoms with Crippen molar-refractivity contribution in [1.82, 2.24) is 19.6 Å². The summed E-state index contributed by atoms with van der Waals surface area (Å²) in [6.07, 6.45) is 6.52. The molecule has 0 aromatic carbocycles. The summed E-state index contributed by atoms with van der Waals surface area (Å²) in [5.41, 5.74) is 3.09. The molecule has 0 aliphatic carbocycles. The first kappa shape index (κ1) is 14.6. The molecule has 0 unspecified atom stereocenters. The van der Waals surface area contributed by atoms with Gasteiger partial charge in [0, 0.05) is 37.1 Å². The third-order valence-electron chi connectivity index (χ3n) is 4.20. The van der Waals surface area contributed by atoms with Crippen LogP contribution < -0.4 is 10.6 Å². The summed E-state index contributed by atoms with van der Waals surface area (Å²) in [6.45, 7) is 0. The van der Waals surface area contributed by atoms with Gasteiger partial charge in [0.15, 0.2) is 11.4 Å². The predicted octanol–water partition coefficient (Wildman–Crippen LogP) is 2.82. The number of pyridine rings is 1. The highest BCUT2D eigenvalue weighted by Crippen LogP contribution is 2.24. The van der Waals surface area contributed by atoms with E-state index in [0.717, 1.165) is 36.5 Å². The Labute approximate surface area is 139 Å². The van der Waals surface area contributed by atoms with E-state index in [4.69, 9.17) is 0 Å². The van der Waals surface area contributed by atoms with Crippen molar-refractivity contribution in [2.24, 2.45) is 0 Å². The van der Waals surface area contributed by atoms with E-state index in [1.165, 1.54) is 0 Å². The topological polar surface area (TPSA) is 84.2 Å².